The van der Waals surface area contributed by atoms with Gasteiger partial charge in [-0.1, -0.05) is 5.16 Å². The van der Waals surface area contributed by atoms with Gasteiger partial charge in [0.05, 0.1) is 18.0 Å². The predicted molar refractivity (Wildman–Crippen MR) is 37.0 cm³/mol. The number of oxime groups is 1. The van der Waals surface area contributed by atoms with E-state index in [1.54, 1.807) is 7.05 Å². The molecule has 0 saturated carbocycles. The maximum atomic E-state index is 8.13. The van der Waals surface area contributed by atoms with E-state index < -0.39 is 0 Å². The molecule has 5 nitrogen and oxygen atoms in total. The zero-order valence-corrected chi connectivity index (χ0v) is 5.52. The first-order valence-corrected chi connectivity index (χ1v) is 2.70. The second-order valence-electron chi connectivity index (χ2n) is 1.85. The predicted octanol–water partition coefficient (Wildman–Crippen LogP) is -0.190. The Morgan fingerprint density at radius 1 is 1.90 bits per heavy atom. The summed E-state index contributed by atoms with van der Waals surface area (Å²) in [6, 6.07) is 0. The van der Waals surface area contributed by atoms with Gasteiger partial charge < -0.3 is 10.9 Å². The van der Waals surface area contributed by atoms with Crippen molar-refractivity contribution in [3.8, 4) is 0 Å². The normalized spacial score (nSPS) is 10.9. The molecule has 0 saturated heterocycles. The zero-order chi connectivity index (χ0) is 7.56. The first-order chi connectivity index (χ1) is 4.75. The molecule has 0 aliphatic carbocycles. The van der Waals surface area contributed by atoms with E-state index >= 15 is 0 Å². The molecular weight excluding hydrogens is 132 g/mol. The lowest BCUT2D eigenvalue weighted by Crippen LogP contribution is -1.98. The third kappa shape index (κ3) is 0.928. The van der Waals surface area contributed by atoms with Crippen LogP contribution in [0.15, 0.2) is 11.4 Å². The summed E-state index contributed by atoms with van der Waals surface area (Å²) in [7, 11) is 1.71. The van der Waals surface area contributed by atoms with Gasteiger partial charge in [0.15, 0.2) is 0 Å². The van der Waals surface area contributed by atoms with Crippen LogP contribution in [0.3, 0.4) is 0 Å². The highest BCUT2D eigenvalue weighted by atomic mass is 16.4. The third-order valence-corrected chi connectivity index (χ3v) is 1.21. The van der Waals surface area contributed by atoms with Crippen LogP contribution in [0.5, 0.6) is 0 Å². The van der Waals surface area contributed by atoms with Crippen LogP contribution in [0.2, 0.25) is 0 Å². The summed E-state index contributed by atoms with van der Waals surface area (Å²) in [5.74, 6) is 0.484. The third-order valence-electron chi connectivity index (χ3n) is 1.21. The van der Waals surface area contributed by atoms with Gasteiger partial charge in [0, 0.05) is 7.05 Å². The van der Waals surface area contributed by atoms with Gasteiger partial charge in [-0.15, -0.1) is 0 Å². The number of anilines is 1. The molecule has 0 bridgehead atoms. The Labute approximate surface area is 57.8 Å². The van der Waals surface area contributed by atoms with Crippen LogP contribution in [0.25, 0.3) is 0 Å². The van der Waals surface area contributed by atoms with Gasteiger partial charge in [-0.05, 0) is 0 Å². The lowest BCUT2D eigenvalue weighted by molar-refractivity contribution is 0.322. The van der Waals surface area contributed by atoms with E-state index in [2.05, 4.69) is 10.3 Å². The van der Waals surface area contributed by atoms with Crippen molar-refractivity contribution < 1.29 is 5.21 Å². The summed E-state index contributed by atoms with van der Waals surface area (Å²) in [4.78, 5) is 0. The maximum absolute atomic E-state index is 8.13. The number of hydrogen-bond donors (Lipinski definition) is 2. The quantitative estimate of drug-likeness (QED) is 0.322. The summed E-state index contributed by atoms with van der Waals surface area (Å²) in [5.41, 5.74) is 6.10. The minimum Gasteiger partial charge on any atom is -0.411 e. The highest BCUT2D eigenvalue weighted by Crippen LogP contribution is 2.04. The monoisotopic (exact) mass is 140 g/mol. The number of nitrogens with zero attached hydrogens (tertiary/aromatic N) is 3. The molecule has 1 rings (SSSR count). The molecule has 0 unspecified atom stereocenters. The number of nitrogen functional groups attached to an aromatic ring is 1. The van der Waals surface area contributed by atoms with Crippen molar-refractivity contribution in [1.29, 1.82) is 0 Å². The molecule has 1 heterocycles. The standard InChI is InChI=1S/C5H8N4O/c1-9-5(6)4(2-7-9)3-8-10/h2-3,10H,6H2,1H3/b8-3+. The smallest absolute Gasteiger partial charge is 0.130 e. The minimum atomic E-state index is 0.484. The molecule has 1 aromatic heterocycles. The topological polar surface area (TPSA) is 76.4 Å². The van der Waals surface area contributed by atoms with Crippen LogP contribution in [-0.2, 0) is 7.05 Å². The van der Waals surface area contributed by atoms with Gasteiger partial charge in [-0.2, -0.15) is 5.10 Å². The van der Waals surface area contributed by atoms with Crippen molar-refractivity contribution in [2.45, 2.75) is 0 Å². The lowest BCUT2D eigenvalue weighted by Gasteiger charge is -1.91. The fourth-order valence-electron chi connectivity index (χ4n) is 0.626. The lowest BCUT2D eigenvalue weighted by atomic mass is 10.4. The number of nitrogens with two attached hydrogens (primary N) is 1. The van der Waals surface area contributed by atoms with Crippen LogP contribution in [0.4, 0.5) is 5.82 Å². The summed E-state index contributed by atoms with van der Waals surface area (Å²) >= 11 is 0. The van der Waals surface area contributed by atoms with Gasteiger partial charge in [0.1, 0.15) is 5.82 Å². The highest BCUT2D eigenvalue weighted by Gasteiger charge is 1.99. The van der Waals surface area contributed by atoms with Crippen molar-refractivity contribution >= 4 is 12.0 Å². The van der Waals surface area contributed by atoms with Crippen molar-refractivity contribution in [2.75, 3.05) is 5.73 Å². The molecule has 0 aromatic carbocycles. The average molecular weight is 140 g/mol. The number of rotatable bonds is 1. The molecule has 0 amide bonds. The SMILES string of the molecule is Cn1ncc(/C=N/O)c1N. The number of aryl methyl sites for hydroxylation is 1. The van der Waals surface area contributed by atoms with Crippen molar-refractivity contribution in [3.05, 3.63) is 11.8 Å². The Morgan fingerprint density at radius 3 is 3.00 bits per heavy atom. The van der Waals surface area contributed by atoms with Crippen LogP contribution < -0.4 is 5.73 Å². The Bertz CT molecular complexity index is 252. The first-order valence-electron chi connectivity index (χ1n) is 2.70. The molecule has 0 aliphatic heterocycles. The fraction of sp³-hybridized carbons (Fsp3) is 0.200. The van der Waals surface area contributed by atoms with Crippen molar-refractivity contribution in [1.82, 2.24) is 9.78 Å². The first kappa shape index (κ1) is 6.60. The van der Waals surface area contributed by atoms with Crippen molar-refractivity contribution in [3.63, 3.8) is 0 Å². The molecule has 54 valence electrons. The van der Waals surface area contributed by atoms with E-state index in [1.165, 1.54) is 17.1 Å². The molecule has 0 fully saturated rings. The van der Waals surface area contributed by atoms with E-state index in [0.717, 1.165) is 0 Å². The van der Waals surface area contributed by atoms with Gasteiger partial charge in [0.25, 0.3) is 0 Å². The van der Waals surface area contributed by atoms with E-state index in [-0.39, 0.29) is 0 Å². The Morgan fingerprint density at radius 2 is 2.60 bits per heavy atom. The summed E-state index contributed by atoms with van der Waals surface area (Å²) < 4.78 is 1.50. The largest absolute Gasteiger partial charge is 0.411 e. The number of hydrogen-bond acceptors (Lipinski definition) is 4. The second kappa shape index (κ2) is 2.38. The Kier molecular flexibility index (Phi) is 1.57. The Hall–Kier alpha value is -1.52. The second-order valence-corrected chi connectivity index (χ2v) is 1.85. The molecule has 1 aromatic rings. The summed E-state index contributed by atoms with van der Waals surface area (Å²) in [6.07, 6.45) is 2.76. The van der Waals surface area contributed by atoms with E-state index in [9.17, 15) is 0 Å². The zero-order valence-electron chi connectivity index (χ0n) is 5.52. The average Bonchev–Trinajstić information content (AvgIpc) is 2.20. The molecule has 0 spiro atoms. The van der Waals surface area contributed by atoms with Crippen LogP contribution >= 0.6 is 0 Å². The van der Waals surface area contributed by atoms with Gasteiger partial charge >= 0.3 is 0 Å². The minimum absolute atomic E-state index is 0.484. The fourth-order valence-corrected chi connectivity index (χ4v) is 0.626. The molecule has 10 heavy (non-hydrogen) atoms. The van der Waals surface area contributed by atoms with E-state index in [1.807, 2.05) is 0 Å². The molecule has 5 heteroatoms. The van der Waals surface area contributed by atoms with Gasteiger partial charge in [0.2, 0.25) is 0 Å². The molecule has 0 aliphatic rings. The van der Waals surface area contributed by atoms with Gasteiger partial charge in [-0.25, -0.2) is 0 Å². The maximum Gasteiger partial charge on any atom is 0.130 e. The van der Waals surface area contributed by atoms with Crippen LogP contribution in [-0.4, -0.2) is 21.2 Å². The van der Waals surface area contributed by atoms with Crippen LogP contribution in [0.1, 0.15) is 5.56 Å². The van der Waals surface area contributed by atoms with Gasteiger partial charge in [-0.3, -0.25) is 4.68 Å². The summed E-state index contributed by atoms with van der Waals surface area (Å²) in [6.45, 7) is 0. The number of aromatic nitrogens is 2. The van der Waals surface area contributed by atoms with E-state index in [0.29, 0.717) is 11.4 Å². The molecule has 3 N–H and O–H groups in total. The highest BCUT2D eigenvalue weighted by molar-refractivity contribution is 5.84. The van der Waals surface area contributed by atoms with Crippen molar-refractivity contribution in [2.24, 2.45) is 12.2 Å². The molecule has 0 atom stereocenters. The molecular formula is C5H8N4O. The Balaban J connectivity index is 3.05. The summed E-state index contributed by atoms with van der Waals surface area (Å²) in [5, 5.41) is 14.8. The molecule has 0 radical (unpaired) electrons. The van der Waals surface area contributed by atoms with E-state index in [4.69, 9.17) is 10.9 Å². The van der Waals surface area contributed by atoms with Crippen LogP contribution in [0, 0.1) is 0 Å².